The van der Waals surface area contributed by atoms with E-state index in [2.05, 4.69) is 4.98 Å². The summed E-state index contributed by atoms with van der Waals surface area (Å²) in [5.41, 5.74) is 2.30. The SMILES string of the molecule is COc1ccccc1-c1ccncc1C=O. The van der Waals surface area contributed by atoms with Crippen LogP contribution >= 0.6 is 0 Å². The van der Waals surface area contributed by atoms with Crippen LogP contribution in [0.2, 0.25) is 0 Å². The summed E-state index contributed by atoms with van der Waals surface area (Å²) in [6, 6.07) is 9.39. The molecule has 2 aromatic rings. The van der Waals surface area contributed by atoms with Gasteiger partial charge in [-0.25, -0.2) is 0 Å². The molecule has 0 atom stereocenters. The van der Waals surface area contributed by atoms with Gasteiger partial charge >= 0.3 is 0 Å². The van der Waals surface area contributed by atoms with Crippen LogP contribution in [0.4, 0.5) is 0 Å². The topological polar surface area (TPSA) is 39.2 Å². The largest absolute Gasteiger partial charge is 0.496 e. The summed E-state index contributed by atoms with van der Waals surface area (Å²) in [5.74, 6) is 0.747. The van der Waals surface area contributed by atoms with Crippen LogP contribution in [-0.4, -0.2) is 18.4 Å². The highest BCUT2D eigenvalue weighted by Gasteiger charge is 2.08. The molecule has 3 heteroatoms. The summed E-state index contributed by atoms with van der Waals surface area (Å²) >= 11 is 0. The zero-order valence-corrected chi connectivity index (χ0v) is 8.88. The number of nitrogens with zero attached hydrogens (tertiary/aromatic N) is 1. The number of hydrogen-bond acceptors (Lipinski definition) is 3. The lowest BCUT2D eigenvalue weighted by Crippen LogP contribution is -1.92. The number of hydrogen-bond donors (Lipinski definition) is 0. The molecule has 0 bridgehead atoms. The van der Waals surface area contributed by atoms with Crippen LogP contribution in [-0.2, 0) is 0 Å². The number of carbonyl (C=O) groups is 1. The van der Waals surface area contributed by atoms with Crippen LogP contribution in [0.25, 0.3) is 11.1 Å². The van der Waals surface area contributed by atoms with E-state index >= 15 is 0 Å². The molecule has 0 unspecified atom stereocenters. The molecule has 80 valence electrons. The number of para-hydroxylation sites is 1. The van der Waals surface area contributed by atoms with Crippen molar-refractivity contribution in [2.75, 3.05) is 7.11 Å². The predicted molar refractivity (Wildman–Crippen MR) is 61.6 cm³/mol. The van der Waals surface area contributed by atoms with Crippen molar-refractivity contribution >= 4 is 6.29 Å². The Morgan fingerprint density at radius 3 is 2.75 bits per heavy atom. The smallest absolute Gasteiger partial charge is 0.152 e. The standard InChI is InChI=1S/C13H11NO2/c1-16-13-5-3-2-4-12(13)11-6-7-14-8-10(11)9-15/h2-9H,1H3. The Bertz CT molecular complexity index is 509. The summed E-state index contributed by atoms with van der Waals surface area (Å²) in [5, 5.41) is 0. The maximum absolute atomic E-state index is 10.9. The molecule has 0 saturated heterocycles. The molecule has 0 aliphatic heterocycles. The number of benzene rings is 1. The number of methoxy groups -OCH3 is 1. The van der Waals surface area contributed by atoms with E-state index in [1.54, 1.807) is 19.5 Å². The van der Waals surface area contributed by atoms with E-state index in [-0.39, 0.29) is 0 Å². The fourth-order valence-electron chi connectivity index (χ4n) is 1.61. The summed E-state index contributed by atoms with van der Waals surface area (Å²) in [6.45, 7) is 0. The van der Waals surface area contributed by atoms with Crippen LogP contribution in [0.3, 0.4) is 0 Å². The average Bonchev–Trinajstić information content (AvgIpc) is 2.38. The summed E-state index contributed by atoms with van der Waals surface area (Å²) in [7, 11) is 1.61. The first-order chi connectivity index (χ1) is 7.86. The lowest BCUT2D eigenvalue weighted by molar-refractivity contribution is 0.112. The highest BCUT2D eigenvalue weighted by molar-refractivity contribution is 5.88. The van der Waals surface area contributed by atoms with Crippen molar-refractivity contribution < 1.29 is 9.53 Å². The maximum Gasteiger partial charge on any atom is 0.152 e. The number of carbonyl (C=O) groups excluding carboxylic acids is 1. The van der Waals surface area contributed by atoms with E-state index < -0.39 is 0 Å². The van der Waals surface area contributed by atoms with Crippen molar-refractivity contribution in [2.24, 2.45) is 0 Å². The Balaban J connectivity index is 2.62. The summed E-state index contributed by atoms with van der Waals surface area (Å²) in [6.07, 6.45) is 4.01. The minimum atomic E-state index is 0.562. The number of ether oxygens (including phenoxy) is 1. The van der Waals surface area contributed by atoms with E-state index in [1.165, 1.54) is 0 Å². The van der Waals surface area contributed by atoms with Gasteiger partial charge in [0.25, 0.3) is 0 Å². The molecule has 1 aromatic carbocycles. The van der Waals surface area contributed by atoms with Crippen molar-refractivity contribution in [3.05, 3.63) is 48.3 Å². The van der Waals surface area contributed by atoms with Crippen molar-refractivity contribution in [3.8, 4) is 16.9 Å². The van der Waals surface area contributed by atoms with Crippen LogP contribution in [0.1, 0.15) is 10.4 Å². The lowest BCUT2D eigenvalue weighted by Gasteiger charge is -2.09. The van der Waals surface area contributed by atoms with Gasteiger partial charge in [-0.15, -0.1) is 0 Å². The van der Waals surface area contributed by atoms with Gasteiger partial charge in [0.15, 0.2) is 6.29 Å². The molecule has 0 aliphatic carbocycles. The van der Waals surface area contributed by atoms with E-state index in [4.69, 9.17) is 4.74 Å². The summed E-state index contributed by atoms with van der Waals surface area (Å²) < 4.78 is 5.26. The highest BCUT2D eigenvalue weighted by Crippen LogP contribution is 2.30. The lowest BCUT2D eigenvalue weighted by atomic mass is 10.0. The molecule has 2 rings (SSSR count). The molecular weight excluding hydrogens is 202 g/mol. The molecule has 3 nitrogen and oxygen atoms in total. The molecule has 0 radical (unpaired) electrons. The third-order valence-electron chi connectivity index (χ3n) is 2.38. The maximum atomic E-state index is 10.9. The minimum Gasteiger partial charge on any atom is -0.496 e. The normalized spacial score (nSPS) is 9.81. The molecule has 0 N–H and O–H groups in total. The molecule has 16 heavy (non-hydrogen) atoms. The first-order valence-corrected chi connectivity index (χ1v) is 4.89. The zero-order chi connectivity index (χ0) is 11.4. The van der Waals surface area contributed by atoms with Crippen molar-refractivity contribution in [1.29, 1.82) is 0 Å². The van der Waals surface area contributed by atoms with E-state index in [1.807, 2.05) is 30.3 Å². The second-order valence-electron chi connectivity index (χ2n) is 3.28. The number of aromatic nitrogens is 1. The van der Waals surface area contributed by atoms with E-state index in [0.29, 0.717) is 5.56 Å². The number of pyridine rings is 1. The van der Waals surface area contributed by atoms with Gasteiger partial charge in [-0.05, 0) is 17.7 Å². The van der Waals surface area contributed by atoms with Crippen LogP contribution in [0, 0.1) is 0 Å². The Hall–Kier alpha value is -2.16. The van der Waals surface area contributed by atoms with Gasteiger partial charge in [-0.3, -0.25) is 9.78 Å². The van der Waals surface area contributed by atoms with Gasteiger partial charge in [0.1, 0.15) is 5.75 Å². The molecule has 0 saturated carbocycles. The molecule has 1 heterocycles. The Morgan fingerprint density at radius 2 is 2.00 bits per heavy atom. The second-order valence-corrected chi connectivity index (χ2v) is 3.28. The Morgan fingerprint density at radius 1 is 1.19 bits per heavy atom. The molecule has 0 spiro atoms. The van der Waals surface area contributed by atoms with E-state index in [0.717, 1.165) is 23.2 Å². The van der Waals surface area contributed by atoms with Crippen molar-refractivity contribution in [2.45, 2.75) is 0 Å². The Kier molecular flexibility index (Phi) is 2.96. The molecular formula is C13H11NO2. The fourth-order valence-corrected chi connectivity index (χ4v) is 1.61. The van der Waals surface area contributed by atoms with E-state index in [9.17, 15) is 4.79 Å². The second kappa shape index (κ2) is 4.57. The van der Waals surface area contributed by atoms with Crippen molar-refractivity contribution in [3.63, 3.8) is 0 Å². The average molecular weight is 213 g/mol. The van der Waals surface area contributed by atoms with Crippen LogP contribution in [0.15, 0.2) is 42.7 Å². The zero-order valence-electron chi connectivity index (χ0n) is 8.88. The molecule has 0 aliphatic rings. The van der Waals surface area contributed by atoms with Gasteiger partial charge in [0.2, 0.25) is 0 Å². The van der Waals surface area contributed by atoms with Crippen LogP contribution in [0.5, 0.6) is 5.75 Å². The quantitative estimate of drug-likeness (QED) is 0.735. The van der Waals surface area contributed by atoms with Gasteiger partial charge in [0.05, 0.1) is 7.11 Å². The van der Waals surface area contributed by atoms with Crippen molar-refractivity contribution in [1.82, 2.24) is 4.98 Å². The van der Waals surface area contributed by atoms with Gasteiger partial charge in [0, 0.05) is 23.5 Å². The first-order valence-electron chi connectivity index (χ1n) is 4.89. The van der Waals surface area contributed by atoms with Gasteiger partial charge < -0.3 is 4.74 Å². The summed E-state index contributed by atoms with van der Waals surface area (Å²) in [4.78, 5) is 14.8. The Labute approximate surface area is 93.7 Å². The molecule has 0 amide bonds. The molecule has 1 aromatic heterocycles. The minimum absolute atomic E-state index is 0.562. The first kappa shape index (κ1) is 10.4. The fraction of sp³-hybridized carbons (Fsp3) is 0.0769. The highest BCUT2D eigenvalue weighted by atomic mass is 16.5. The van der Waals surface area contributed by atoms with Crippen LogP contribution < -0.4 is 4.74 Å². The van der Waals surface area contributed by atoms with Gasteiger partial charge in [-0.2, -0.15) is 0 Å². The monoisotopic (exact) mass is 213 g/mol. The third-order valence-corrected chi connectivity index (χ3v) is 2.38. The third kappa shape index (κ3) is 1.80. The molecule has 0 fully saturated rings. The number of rotatable bonds is 3. The van der Waals surface area contributed by atoms with Gasteiger partial charge in [-0.1, -0.05) is 18.2 Å². The number of aldehydes is 1. The predicted octanol–water partition coefficient (Wildman–Crippen LogP) is 2.57.